The molecule has 6 heteroatoms. The van der Waals surface area contributed by atoms with Gasteiger partial charge in [0, 0.05) is 19.3 Å². The molecule has 0 bridgehead atoms. The molecule has 1 aromatic rings. The Morgan fingerprint density at radius 1 is 1.36 bits per heavy atom. The van der Waals surface area contributed by atoms with Crippen molar-refractivity contribution >= 4 is 11.7 Å². The van der Waals surface area contributed by atoms with Gasteiger partial charge >= 0.3 is 0 Å². The lowest BCUT2D eigenvalue weighted by atomic mass is 9.89. The number of pyridine rings is 1. The number of amides is 1. The van der Waals surface area contributed by atoms with E-state index in [1.54, 1.807) is 13.3 Å². The van der Waals surface area contributed by atoms with E-state index in [0.29, 0.717) is 5.92 Å². The Hall–Kier alpha value is -1.82. The molecular formula is C16H23N3O3. The van der Waals surface area contributed by atoms with E-state index in [4.69, 9.17) is 15.2 Å². The summed E-state index contributed by atoms with van der Waals surface area (Å²) < 4.78 is 11.2. The van der Waals surface area contributed by atoms with Crippen LogP contribution in [0.5, 0.6) is 5.75 Å². The molecular weight excluding hydrogens is 282 g/mol. The number of primary amides is 1. The van der Waals surface area contributed by atoms with Gasteiger partial charge in [-0.1, -0.05) is 0 Å². The molecule has 0 spiro atoms. The SMILES string of the molecule is COc1cccnc1N1CCC([C@@H]2CC[C@H](C(N)=O)O2)CC1. The Balaban J connectivity index is 1.58. The number of methoxy groups -OCH3 is 1. The van der Waals surface area contributed by atoms with Crippen LogP contribution in [0.25, 0.3) is 0 Å². The summed E-state index contributed by atoms with van der Waals surface area (Å²) in [5.41, 5.74) is 5.33. The third-order valence-electron chi connectivity index (χ3n) is 4.71. The fourth-order valence-electron chi connectivity index (χ4n) is 3.48. The average molecular weight is 305 g/mol. The Bertz CT molecular complexity index is 529. The highest BCUT2D eigenvalue weighted by Gasteiger charge is 2.36. The van der Waals surface area contributed by atoms with Gasteiger partial charge in [0.15, 0.2) is 11.6 Å². The molecule has 0 unspecified atom stereocenters. The Morgan fingerprint density at radius 2 is 2.14 bits per heavy atom. The fraction of sp³-hybridized carbons (Fsp3) is 0.625. The molecule has 3 rings (SSSR count). The molecule has 2 atom stereocenters. The number of hydrogen-bond acceptors (Lipinski definition) is 5. The zero-order valence-electron chi connectivity index (χ0n) is 12.9. The largest absolute Gasteiger partial charge is 0.493 e. The average Bonchev–Trinajstić information content (AvgIpc) is 3.05. The van der Waals surface area contributed by atoms with E-state index in [0.717, 1.165) is 50.3 Å². The van der Waals surface area contributed by atoms with Gasteiger partial charge in [-0.3, -0.25) is 4.79 Å². The van der Waals surface area contributed by atoms with Crippen molar-refractivity contribution in [3.8, 4) is 5.75 Å². The summed E-state index contributed by atoms with van der Waals surface area (Å²) in [6, 6.07) is 3.82. The van der Waals surface area contributed by atoms with Crippen LogP contribution in [0, 0.1) is 5.92 Å². The van der Waals surface area contributed by atoms with Crippen LogP contribution in [0.15, 0.2) is 18.3 Å². The van der Waals surface area contributed by atoms with Gasteiger partial charge < -0.3 is 20.1 Å². The van der Waals surface area contributed by atoms with Gasteiger partial charge in [-0.15, -0.1) is 0 Å². The smallest absolute Gasteiger partial charge is 0.246 e. The van der Waals surface area contributed by atoms with E-state index in [1.807, 2.05) is 12.1 Å². The van der Waals surface area contributed by atoms with Gasteiger partial charge in [-0.2, -0.15) is 0 Å². The molecule has 22 heavy (non-hydrogen) atoms. The van der Waals surface area contributed by atoms with Crippen LogP contribution in [-0.2, 0) is 9.53 Å². The first-order chi connectivity index (χ1) is 10.7. The van der Waals surface area contributed by atoms with E-state index < -0.39 is 0 Å². The molecule has 0 saturated carbocycles. The number of ether oxygens (including phenoxy) is 2. The number of hydrogen-bond donors (Lipinski definition) is 1. The molecule has 120 valence electrons. The topological polar surface area (TPSA) is 77.7 Å². The predicted octanol–water partition coefficient (Wildman–Crippen LogP) is 1.34. The Kier molecular flexibility index (Phi) is 4.47. The number of carbonyl (C=O) groups is 1. The fourth-order valence-corrected chi connectivity index (χ4v) is 3.48. The summed E-state index contributed by atoms with van der Waals surface area (Å²) in [6.45, 7) is 1.86. The zero-order valence-corrected chi connectivity index (χ0v) is 12.9. The second kappa shape index (κ2) is 6.52. The first-order valence-electron chi connectivity index (χ1n) is 7.87. The van der Waals surface area contributed by atoms with Crippen molar-refractivity contribution in [1.29, 1.82) is 0 Å². The lowest BCUT2D eigenvalue weighted by molar-refractivity contribution is -0.130. The molecule has 0 radical (unpaired) electrons. The van der Waals surface area contributed by atoms with Gasteiger partial charge in [-0.05, 0) is 43.7 Å². The first kappa shape index (κ1) is 15.1. The van der Waals surface area contributed by atoms with E-state index in [1.165, 1.54) is 0 Å². The van der Waals surface area contributed by atoms with Crippen molar-refractivity contribution in [3.63, 3.8) is 0 Å². The van der Waals surface area contributed by atoms with Gasteiger partial charge in [0.1, 0.15) is 6.10 Å². The van der Waals surface area contributed by atoms with Crippen molar-refractivity contribution < 1.29 is 14.3 Å². The van der Waals surface area contributed by atoms with Crippen molar-refractivity contribution in [2.75, 3.05) is 25.1 Å². The molecule has 2 saturated heterocycles. The molecule has 6 nitrogen and oxygen atoms in total. The molecule has 1 aromatic heterocycles. The monoisotopic (exact) mass is 305 g/mol. The molecule has 3 heterocycles. The Labute approximate surface area is 130 Å². The van der Waals surface area contributed by atoms with Crippen LogP contribution in [0.4, 0.5) is 5.82 Å². The number of aromatic nitrogens is 1. The number of piperidine rings is 1. The molecule has 0 aliphatic carbocycles. The molecule has 2 fully saturated rings. The van der Waals surface area contributed by atoms with Gasteiger partial charge in [-0.25, -0.2) is 4.98 Å². The lowest BCUT2D eigenvalue weighted by Gasteiger charge is -2.35. The van der Waals surface area contributed by atoms with Crippen molar-refractivity contribution in [3.05, 3.63) is 18.3 Å². The number of rotatable bonds is 4. The van der Waals surface area contributed by atoms with Gasteiger partial charge in [0.05, 0.1) is 13.2 Å². The summed E-state index contributed by atoms with van der Waals surface area (Å²) in [5, 5.41) is 0. The summed E-state index contributed by atoms with van der Waals surface area (Å²) in [4.78, 5) is 17.9. The van der Waals surface area contributed by atoms with Crippen LogP contribution >= 0.6 is 0 Å². The van der Waals surface area contributed by atoms with Gasteiger partial charge in [0.2, 0.25) is 5.91 Å². The van der Waals surface area contributed by atoms with E-state index in [-0.39, 0.29) is 18.1 Å². The predicted molar refractivity (Wildman–Crippen MR) is 82.8 cm³/mol. The molecule has 0 aromatic carbocycles. The third-order valence-corrected chi connectivity index (χ3v) is 4.71. The minimum absolute atomic E-state index is 0.172. The van der Waals surface area contributed by atoms with Crippen molar-refractivity contribution in [1.82, 2.24) is 4.98 Å². The highest BCUT2D eigenvalue weighted by atomic mass is 16.5. The maximum atomic E-state index is 11.2. The molecule has 2 aliphatic rings. The maximum absolute atomic E-state index is 11.2. The second-order valence-corrected chi connectivity index (χ2v) is 6.00. The number of nitrogens with zero attached hydrogens (tertiary/aromatic N) is 2. The van der Waals surface area contributed by atoms with Crippen LogP contribution in [-0.4, -0.2) is 43.3 Å². The highest BCUT2D eigenvalue weighted by Crippen LogP contribution is 2.34. The second-order valence-electron chi connectivity index (χ2n) is 6.00. The van der Waals surface area contributed by atoms with Crippen LogP contribution in [0.1, 0.15) is 25.7 Å². The standard InChI is InChI=1S/C16H23N3O3/c1-21-14-3-2-8-18-16(14)19-9-6-11(7-10-19)12-4-5-13(22-12)15(17)20/h2-3,8,11-13H,4-7,9-10H2,1H3,(H2,17,20)/t12-,13+/m0/s1. The normalized spacial score (nSPS) is 26.1. The summed E-state index contributed by atoms with van der Waals surface area (Å²) >= 11 is 0. The number of carbonyl (C=O) groups excluding carboxylic acids is 1. The molecule has 2 aliphatic heterocycles. The van der Waals surface area contributed by atoms with E-state index in [2.05, 4.69) is 9.88 Å². The lowest BCUT2D eigenvalue weighted by Crippen LogP contribution is -2.39. The summed E-state index contributed by atoms with van der Waals surface area (Å²) in [7, 11) is 1.67. The number of anilines is 1. The van der Waals surface area contributed by atoms with Gasteiger partial charge in [0.25, 0.3) is 0 Å². The highest BCUT2D eigenvalue weighted by molar-refractivity contribution is 5.79. The third kappa shape index (κ3) is 3.02. The van der Waals surface area contributed by atoms with Crippen LogP contribution in [0.2, 0.25) is 0 Å². The summed E-state index contributed by atoms with van der Waals surface area (Å²) in [6.07, 6.45) is 5.34. The van der Waals surface area contributed by atoms with Crippen molar-refractivity contribution in [2.45, 2.75) is 37.9 Å². The molecule has 2 N–H and O–H groups in total. The molecule has 1 amide bonds. The quantitative estimate of drug-likeness (QED) is 0.908. The first-order valence-corrected chi connectivity index (χ1v) is 7.87. The maximum Gasteiger partial charge on any atom is 0.246 e. The minimum atomic E-state index is -0.390. The number of nitrogens with two attached hydrogens (primary N) is 1. The van der Waals surface area contributed by atoms with E-state index >= 15 is 0 Å². The zero-order chi connectivity index (χ0) is 15.5. The minimum Gasteiger partial charge on any atom is -0.493 e. The van der Waals surface area contributed by atoms with Crippen LogP contribution < -0.4 is 15.4 Å². The van der Waals surface area contributed by atoms with Crippen LogP contribution in [0.3, 0.4) is 0 Å². The summed E-state index contributed by atoms with van der Waals surface area (Å²) in [5.74, 6) is 1.88. The van der Waals surface area contributed by atoms with Crippen molar-refractivity contribution in [2.24, 2.45) is 11.7 Å². The van der Waals surface area contributed by atoms with E-state index in [9.17, 15) is 4.79 Å². The Morgan fingerprint density at radius 3 is 2.77 bits per heavy atom.